The van der Waals surface area contributed by atoms with Crippen LogP contribution >= 0.6 is 0 Å². The standard InChI is InChI=1S/C8H16N2O/c1-2-10-6-8(7-10)5-9-3-4-11-8/h9H,2-7H2,1H3. The van der Waals surface area contributed by atoms with Gasteiger partial charge in [0.2, 0.25) is 0 Å². The highest BCUT2D eigenvalue weighted by Gasteiger charge is 2.44. The van der Waals surface area contributed by atoms with Crippen molar-refractivity contribution >= 4 is 0 Å². The summed E-state index contributed by atoms with van der Waals surface area (Å²) in [7, 11) is 0. The molecular formula is C8H16N2O. The molecule has 1 spiro atoms. The fraction of sp³-hybridized carbons (Fsp3) is 1.00. The highest BCUT2D eigenvalue weighted by Crippen LogP contribution is 2.25. The van der Waals surface area contributed by atoms with Crippen molar-refractivity contribution < 1.29 is 4.74 Å². The second kappa shape index (κ2) is 2.73. The highest BCUT2D eigenvalue weighted by molar-refractivity contribution is 4.99. The molecule has 2 heterocycles. The zero-order valence-electron chi connectivity index (χ0n) is 7.10. The van der Waals surface area contributed by atoms with Gasteiger partial charge in [-0.3, -0.25) is 4.90 Å². The smallest absolute Gasteiger partial charge is 0.106 e. The Morgan fingerprint density at radius 3 is 2.91 bits per heavy atom. The van der Waals surface area contributed by atoms with Crippen LogP contribution in [-0.4, -0.2) is 49.8 Å². The van der Waals surface area contributed by atoms with E-state index in [-0.39, 0.29) is 5.60 Å². The van der Waals surface area contributed by atoms with Gasteiger partial charge in [0, 0.05) is 26.2 Å². The molecule has 2 fully saturated rings. The van der Waals surface area contributed by atoms with Crippen LogP contribution in [0.1, 0.15) is 6.92 Å². The molecule has 0 radical (unpaired) electrons. The summed E-state index contributed by atoms with van der Waals surface area (Å²) in [4.78, 5) is 2.41. The summed E-state index contributed by atoms with van der Waals surface area (Å²) in [6.45, 7) is 8.55. The van der Waals surface area contributed by atoms with Crippen LogP contribution in [0.2, 0.25) is 0 Å². The van der Waals surface area contributed by atoms with E-state index in [9.17, 15) is 0 Å². The van der Waals surface area contributed by atoms with Gasteiger partial charge >= 0.3 is 0 Å². The summed E-state index contributed by atoms with van der Waals surface area (Å²) in [5, 5.41) is 3.37. The predicted molar refractivity (Wildman–Crippen MR) is 43.7 cm³/mol. The normalized spacial score (nSPS) is 30.3. The van der Waals surface area contributed by atoms with Crippen molar-refractivity contribution in [2.45, 2.75) is 12.5 Å². The van der Waals surface area contributed by atoms with E-state index in [1.807, 2.05) is 0 Å². The molecular weight excluding hydrogens is 140 g/mol. The van der Waals surface area contributed by atoms with E-state index in [1.165, 1.54) is 0 Å². The van der Waals surface area contributed by atoms with Gasteiger partial charge in [0.1, 0.15) is 5.60 Å². The Bertz CT molecular complexity index is 135. The SMILES string of the molecule is CCN1CC2(CNCCO2)C1. The Kier molecular flexibility index (Phi) is 1.87. The molecule has 0 unspecified atom stereocenters. The lowest BCUT2D eigenvalue weighted by atomic mass is 9.93. The highest BCUT2D eigenvalue weighted by atomic mass is 16.5. The number of hydrogen-bond acceptors (Lipinski definition) is 3. The van der Waals surface area contributed by atoms with Crippen molar-refractivity contribution in [1.29, 1.82) is 0 Å². The number of ether oxygens (including phenoxy) is 1. The molecule has 0 atom stereocenters. The first-order valence-corrected chi connectivity index (χ1v) is 4.42. The Hall–Kier alpha value is -0.120. The van der Waals surface area contributed by atoms with Crippen LogP contribution in [0.3, 0.4) is 0 Å². The predicted octanol–water partition coefficient (Wildman–Crippen LogP) is -0.319. The maximum absolute atomic E-state index is 5.73. The maximum atomic E-state index is 5.73. The van der Waals surface area contributed by atoms with Gasteiger partial charge in [-0.05, 0) is 6.54 Å². The van der Waals surface area contributed by atoms with Gasteiger partial charge in [-0.2, -0.15) is 0 Å². The Balaban J connectivity index is 1.84. The van der Waals surface area contributed by atoms with Crippen molar-refractivity contribution in [1.82, 2.24) is 10.2 Å². The van der Waals surface area contributed by atoms with E-state index >= 15 is 0 Å². The Morgan fingerprint density at radius 2 is 2.36 bits per heavy atom. The van der Waals surface area contributed by atoms with Crippen LogP contribution in [0.15, 0.2) is 0 Å². The second-order valence-corrected chi connectivity index (χ2v) is 3.51. The zero-order chi connectivity index (χ0) is 7.73. The van der Waals surface area contributed by atoms with Crippen LogP contribution < -0.4 is 5.32 Å². The van der Waals surface area contributed by atoms with Gasteiger partial charge in [0.05, 0.1) is 6.61 Å². The van der Waals surface area contributed by atoms with E-state index in [1.54, 1.807) is 0 Å². The average molecular weight is 156 g/mol. The molecule has 1 N–H and O–H groups in total. The molecule has 3 heteroatoms. The summed E-state index contributed by atoms with van der Waals surface area (Å²) in [6.07, 6.45) is 0. The third kappa shape index (κ3) is 1.28. The number of morpholine rings is 1. The monoisotopic (exact) mass is 156 g/mol. The molecule has 0 amide bonds. The van der Waals surface area contributed by atoms with Crippen molar-refractivity contribution in [2.24, 2.45) is 0 Å². The second-order valence-electron chi connectivity index (χ2n) is 3.51. The topological polar surface area (TPSA) is 24.5 Å². The number of likely N-dealkylation sites (N-methyl/N-ethyl adjacent to an activating group) is 1. The molecule has 0 saturated carbocycles. The van der Waals surface area contributed by atoms with Gasteiger partial charge in [-0.15, -0.1) is 0 Å². The molecule has 0 aromatic rings. The van der Waals surface area contributed by atoms with Crippen molar-refractivity contribution in [3.63, 3.8) is 0 Å². The van der Waals surface area contributed by atoms with Gasteiger partial charge in [-0.25, -0.2) is 0 Å². The van der Waals surface area contributed by atoms with Crippen molar-refractivity contribution in [2.75, 3.05) is 39.3 Å². The van der Waals surface area contributed by atoms with Crippen LogP contribution in [0.25, 0.3) is 0 Å². The largest absolute Gasteiger partial charge is 0.370 e. The van der Waals surface area contributed by atoms with Crippen LogP contribution in [0, 0.1) is 0 Å². The summed E-state index contributed by atoms with van der Waals surface area (Å²) in [5.41, 5.74) is 0.189. The zero-order valence-corrected chi connectivity index (χ0v) is 7.10. The molecule has 64 valence electrons. The number of hydrogen-bond donors (Lipinski definition) is 1. The molecule has 2 rings (SSSR count). The molecule has 11 heavy (non-hydrogen) atoms. The lowest BCUT2D eigenvalue weighted by Gasteiger charge is -2.51. The minimum atomic E-state index is 0.189. The van der Waals surface area contributed by atoms with E-state index < -0.39 is 0 Å². The molecule has 2 aliphatic heterocycles. The van der Waals surface area contributed by atoms with Gasteiger partial charge in [0.15, 0.2) is 0 Å². The average Bonchev–Trinajstić information content (AvgIpc) is 2.01. The van der Waals surface area contributed by atoms with E-state index in [0.717, 1.165) is 39.3 Å². The number of likely N-dealkylation sites (tertiary alicyclic amines) is 1. The lowest BCUT2D eigenvalue weighted by molar-refractivity contribution is -0.154. The van der Waals surface area contributed by atoms with Crippen LogP contribution in [-0.2, 0) is 4.74 Å². The molecule has 0 aromatic heterocycles. The minimum Gasteiger partial charge on any atom is -0.370 e. The van der Waals surface area contributed by atoms with E-state index in [2.05, 4.69) is 17.1 Å². The summed E-state index contributed by atoms with van der Waals surface area (Å²) in [5.74, 6) is 0. The van der Waals surface area contributed by atoms with Gasteiger partial charge < -0.3 is 10.1 Å². The number of nitrogens with zero attached hydrogens (tertiary/aromatic N) is 1. The molecule has 2 aliphatic rings. The Morgan fingerprint density at radius 1 is 1.55 bits per heavy atom. The van der Waals surface area contributed by atoms with Crippen LogP contribution in [0.4, 0.5) is 0 Å². The summed E-state index contributed by atoms with van der Waals surface area (Å²) < 4.78 is 5.73. The quantitative estimate of drug-likeness (QED) is 0.563. The Labute approximate surface area is 67.7 Å². The minimum absolute atomic E-state index is 0.189. The summed E-state index contributed by atoms with van der Waals surface area (Å²) in [6, 6.07) is 0. The summed E-state index contributed by atoms with van der Waals surface area (Å²) >= 11 is 0. The van der Waals surface area contributed by atoms with Gasteiger partial charge in [-0.1, -0.05) is 6.92 Å². The lowest BCUT2D eigenvalue weighted by Crippen LogP contribution is -2.69. The van der Waals surface area contributed by atoms with Crippen molar-refractivity contribution in [3.05, 3.63) is 0 Å². The molecule has 2 saturated heterocycles. The fourth-order valence-corrected chi connectivity index (χ4v) is 1.90. The third-order valence-corrected chi connectivity index (χ3v) is 2.60. The first-order valence-electron chi connectivity index (χ1n) is 4.42. The van der Waals surface area contributed by atoms with Crippen LogP contribution in [0.5, 0.6) is 0 Å². The van der Waals surface area contributed by atoms with Crippen molar-refractivity contribution in [3.8, 4) is 0 Å². The van der Waals surface area contributed by atoms with E-state index in [0.29, 0.717) is 0 Å². The fourth-order valence-electron chi connectivity index (χ4n) is 1.90. The first-order chi connectivity index (χ1) is 5.35. The molecule has 0 aromatic carbocycles. The molecule has 0 bridgehead atoms. The first kappa shape index (κ1) is 7.53. The molecule has 0 aliphatic carbocycles. The van der Waals surface area contributed by atoms with E-state index in [4.69, 9.17) is 4.74 Å². The number of rotatable bonds is 1. The molecule has 3 nitrogen and oxygen atoms in total. The third-order valence-electron chi connectivity index (χ3n) is 2.60. The maximum Gasteiger partial charge on any atom is 0.106 e. The van der Waals surface area contributed by atoms with Gasteiger partial charge in [0.25, 0.3) is 0 Å². The number of nitrogens with one attached hydrogen (secondary N) is 1.